The number of nitrogens with one attached hydrogen (secondary N) is 1. The van der Waals surface area contributed by atoms with Gasteiger partial charge in [0, 0.05) is 6.54 Å². The van der Waals surface area contributed by atoms with Crippen molar-refractivity contribution in [2.24, 2.45) is 0 Å². The minimum atomic E-state index is -4.56. The maximum absolute atomic E-state index is 12.1. The summed E-state index contributed by atoms with van der Waals surface area (Å²) in [5, 5.41) is 3.33. The monoisotopic (exact) mass is 519 g/mol. The molecular weight excluding hydrogens is 496 g/mol. The number of hydrogen-bond acceptors (Lipinski definition) is 5. The molecule has 0 aromatic heterocycles. The average molecular weight is 520 g/mol. The van der Waals surface area contributed by atoms with E-state index >= 15 is 0 Å². The van der Waals surface area contributed by atoms with E-state index in [4.69, 9.17) is 0 Å². The zero-order valence-corrected chi connectivity index (χ0v) is 18.7. The normalized spacial score (nSPS) is 15.4. The number of benzene rings is 3. The van der Waals surface area contributed by atoms with E-state index in [1.165, 1.54) is 30.4 Å². The summed E-state index contributed by atoms with van der Waals surface area (Å²) < 4.78 is 67.0. The van der Waals surface area contributed by atoms with E-state index in [-0.39, 0.29) is 86.1 Å². The SMILES string of the molecule is Cc1ccc(C=Cc2ccc(C3NCc4ccccc43)cc2S(=O)(=O)O)c(S(=O)(=O)O)c1.[NaH].[NaH]. The molecule has 0 amide bonds. The average Bonchev–Trinajstić information content (AvgIpc) is 3.15. The molecule has 1 aliphatic rings. The molecule has 7 nitrogen and oxygen atoms in total. The molecule has 3 N–H and O–H groups in total. The van der Waals surface area contributed by atoms with E-state index in [2.05, 4.69) is 5.32 Å². The van der Waals surface area contributed by atoms with E-state index in [9.17, 15) is 25.9 Å². The van der Waals surface area contributed by atoms with Crippen LogP contribution in [-0.4, -0.2) is 85.1 Å². The van der Waals surface area contributed by atoms with Crippen molar-refractivity contribution in [1.29, 1.82) is 0 Å². The molecule has 0 fully saturated rings. The Morgan fingerprint density at radius 3 is 2.00 bits per heavy atom. The van der Waals surface area contributed by atoms with Crippen molar-refractivity contribution in [3.63, 3.8) is 0 Å². The van der Waals surface area contributed by atoms with Gasteiger partial charge < -0.3 is 5.32 Å². The van der Waals surface area contributed by atoms with E-state index in [0.29, 0.717) is 17.7 Å². The second-order valence-corrected chi connectivity index (χ2v) is 10.4. The van der Waals surface area contributed by atoms with E-state index in [1.807, 2.05) is 24.3 Å². The molecule has 4 rings (SSSR count). The van der Waals surface area contributed by atoms with Gasteiger partial charge in [-0.1, -0.05) is 60.7 Å². The third kappa shape index (κ3) is 6.48. The Bertz CT molecular complexity index is 1450. The molecule has 11 heteroatoms. The number of aryl methyl sites for hydroxylation is 1. The van der Waals surface area contributed by atoms with Gasteiger partial charge in [0.2, 0.25) is 0 Å². The van der Waals surface area contributed by atoms with Crippen LogP contribution >= 0.6 is 0 Å². The third-order valence-corrected chi connectivity index (χ3v) is 7.22. The molecule has 1 unspecified atom stereocenters. The zero-order chi connectivity index (χ0) is 23.1. The minimum absolute atomic E-state index is 0. The van der Waals surface area contributed by atoms with Crippen molar-refractivity contribution in [2.45, 2.75) is 29.3 Å². The molecule has 0 saturated heterocycles. The Morgan fingerprint density at radius 1 is 0.824 bits per heavy atom. The predicted molar refractivity (Wildman–Crippen MR) is 136 cm³/mol. The maximum atomic E-state index is 12.1. The van der Waals surface area contributed by atoms with Gasteiger partial charge in [0.15, 0.2) is 0 Å². The van der Waals surface area contributed by atoms with Crippen molar-refractivity contribution < 1.29 is 25.9 Å². The summed E-state index contributed by atoms with van der Waals surface area (Å²) in [6, 6.07) is 16.8. The fourth-order valence-electron chi connectivity index (χ4n) is 3.87. The van der Waals surface area contributed by atoms with Crippen molar-refractivity contribution in [2.75, 3.05) is 0 Å². The Morgan fingerprint density at radius 2 is 1.38 bits per heavy atom. The molecule has 3 aromatic rings. The van der Waals surface area contributed by atoms with E-state index in [0.717, 1.165) is 11.1 Å². The second kappa shape index (κ2) is 11.5. The topological polar surface area (TPSA) is 121 Å². The molecule has 1 aliphatic heterocycles. The molecule has 0 bridgehead atoms. The van der Waals surface area contributed by atoms with Crippen LogP contribution in [-0.2, 0) is 26.8 Å². The van der Waals surface area contributed by atoms with Crippen LogP contribution in [0.1, 0.15) is 39.4 Å². The van der Waals surface area contributed by atoms with Crippen molar-refractivity contribution >= 4 is 91.5 Å². The van der Waals surface area contributed by atoms with Gasteiger partial charge in [-0.15, -0.1) is 0 Å². The van der Waals surface area contributed by atoms with E-state index in [1.54, 1.807) is 25.1 Å². The number of rotatable bonds is 5. The van der Waals surface area contributed by atoms with Gasteiger partial charge in [-0.2, -0.15) is 16.8 Å². The van der Waals surface area contributed by atoms with Gasteiger partial charge in [0.1, 0.15) is 9.79 Å². The van der Waals surface area contributed by atoms with Crippen LogP contribution < -0.4 is 5.32 Å². The summed E-state index contributed by atoms with van der Waals surface area (Å²) in [5.74, 6) is 0. The summed E-state index contributed by atoms with van der Waals surface area (Å²) in [6.07, 6.45) is 2.78. The molecule has 0 radical (unpaired) electrons. The van der Waals surface area contributed by atoms with Gasteiger partial charge in [-0.3, -0.25) is 9.11 Å². The van der Waals surface area contributed by atoms with Gasteiger partial charge in [-0.05, 0) is 52.4 Å². The first-order chi connectivity index (χ1) is 15.0. The molecule has 0 aliphatic carbocycles. The summed E-state index contributed by atoms with van der Waals surface area (Å²) >= 11 is 0. The fourth-order valence-corrected chi connectivity index (χ4v) is 5.36. The number of fused-ring (bicyclic) bond motifs is 1. The Hall–Kier alpha value is -0.820. The molecule has 0 spiro atoms. The standard InChI is InChI=1S/C23H21NO6S2.2Na.2H/c1-15-6-7-16(21(12-15)31(25,26)27)8-9-17-10-11-18(13-22(17)32(28,29)30)23-20-5-3-2-4-19(20)14-24-23;;;;/h2-13,23-24H,14H2,1H3,(H,25,26,27)(H,28,29,30);;;;. The molecular formula is C23H23NNa2O6S2. The zero-order valence-electron chi connectivity index (χ0n) is 17.1. The second-order valence-electron chi connectivity index (χ2n) is 7.63. The fraction of sp³-hybridized carbons (Fsp3) is 0.130. The van der Waals surface area contributed by atoms with Crippen molar-refractivity contribution in [3.8, 4) is 0 Å². The van der Waals surface area contributed by atoms with Crippen LogP contribution in [0, 0.1) is 6.92 Å². The van der Waals surface area contributed by atoms with Crippen molar-refractivity contribution in [1.82, 2.24) is 5.32 Å². The summed E-state index contributed by atoms with van der Waals surface area (Å²) in [4.78, 5) is -0.580. The van der Waals surface area contributed by atoms with Gasteiger partial charge in [0.05, 0.1) is 6.04 Å². The Labute approximate surface area is 243 Å². The van der Waals surface area contributed by atoms with E-state index < -0.39 is 20.2 Å². The van der Waals surface area contributed by atoms with Crippen LogP contribution in [0.2, 0.25) is 0 Å². The van der Waals surface area contributed by atoms with Crippen LogP contribution in [0.4, 0.5) is 0 Å². The van der Waals surface area contributed by atoms with Crippen LogP contribution in [0.15, 0.2) is 70.5 Å². The summed E-state index contributed by atoms with van der Waals surface area (Å²) in [6.45, 7) is 2.34. The van der Waals surface area contributed by atoms with Crippen molar-refractivity contribution in [3.05, 3.63) is 94.0 Å². The molecule has 1 heterocycles. The first kappa shape index (κ1) is 29.4. The first-order valence-electron chi connectivity index (χ1n) is 9.73. The molecule has 1 atom stereocenters. The first-order valence-corrected chi connectivity index (χ1v) is 12.6. The van der Waals surface area contributed by atoms with Gasteiger partial charge in [0.25, 0.3) is 20.2 Å². The molecule has 3 aromatic carbocycles. The summed E-state index contributed by atoms with van der Waals surface area (Å²) in [5.41, 5.74) is 3.84. The van der Waals surface area contributed by atoms with Crippen LogP contribution in [0.25, 0.3) is 12.2 Å². The Balaban J connectivity index is 0.00000204. The summed E-state index contributed by atoms with van der Waals surface area (Å²) in [7, 11) is -9.03. The Kier molecular flexibility index (Phi) is 9.94. The van der Waals surface area contributed by atoms with Gasteiger partial charge in [-0.25, -0.2) is 0 Å². The van der Waals surface area contributed by atoms with Crippen LogP contribution in [0.5, 0.6) is 0 Å². The predicted octanol–water partition coefficient (Wildman–Crippen LogP) is 2.55. The van der Waals surface area contributed by atoms with Crippen LogP contribution in [0.3, 0.4) is 0 Å². The quantitative estimate of drug-likeness (QED) is 0.269. The third-order valence-electron chi connectivity index (χ3n) is 5.40. The molecule has 170 valence electrons. The number of hydrogen-bond donors (Lipinski definition) is 3. The molecule has 0 saturated carbocycles. The van der Waals surface area contributed by atoms with Gasteiger partial charge >= 0.3 is 59.1 Å². The molecule has 34 heavy (non-hydrogen) atoms.